The van der Waals surface area contributed by atoms with Gasteiger partial charge in [0, 0.05) is 19.4 Å². The zero-order valence-corrected chi connectivity index (χ0v) is 15.2. The van der Waals surface area contributed by atoms with Crippen LogP contribution < -0.4 is 11.1 Å². The Bertz CT molecular complexity index is 635. The number of rotatable bonds is 6. The van der Waals surface area contributed by atoms with Crippen LogP contribution in [0.15, 0.2) is 0 Å². The number of likely N-dealkylation sites (tertiary alicyclic amines) is 2. The lowest BCUT2D eigenvalue weighted by molar-refractivity contribution is -0.137. The van der Waals surface area contributed by atoms with Crippen molar-refractivity contribution in [1.29, 1.82) is 0 Å². The maximum Gasteiger partial charge on any atom is 0.245 e. The number of carbonyl (C=O) groups excluding carboxylic acids is 5. The number of ketones is 1. The monoisotopic (exact) mass is 365 g/mol. The number of nitrogens with two attached hydrogens (primary N) is 1. The molecule has 0 bridgehead atoms. The summed E-state index contributed by atoms with van der Waals surface area (Å²) in [7, 11) is 0. The van der Waals surface area contributed by atoms with E-state index in [0.29, 0.717) is 13.0 Å². The summed E-state index contributed by atoms with van der Waals surface area (Å²) < 4.78 is 0. The predicted molar refractivity (Wildman–Crippen MR) is 91.2 cm³/mol. The molecule has 2 aliphatic heterocycles. The lowest BCUT2D eigenvalue weighted by Crippen LogP contribution is -2.49. The standard InChI is InChI=1S/C17H25N4O5/c1-9(16(18)25)4-5-14(24)20-7-6-12-15(20)13(23)8-21(12)17(26)10(2)19-11(3)22/h5,9-10,12,15H,4,6-8H2,1-3H3,(H2,18,25)(H,19,22). The van der Waals surface area contributed by atoms with Crippen molar-refractivity contribution in [3.05, 3.63) is 6.42 Å². The van der Waals surface area contributed by atoms with Crippen LogP contribution in [-0.2, 0) is 24.0 Å². The number of nitrogens with zero attached hydrogens (tertiary/aromatic N) is 2. The molecule has 0 aromatic carbocycles. The third-order valence-electron chi connectivity index (χ3n) is 4.91. The number of fused-ring (bicyclic) bond motifs is 1. The Morgan fingerprint density at radius 2 is 1.92 bits per heavy atom. The number of primary amides is 1. The molecule has 26 heavy (non-hydrogen) atoms. The number of amides is 4. The molecule has 3 N–H and O–H groups in total. The van der Waals surface area contributed by atoms with Gasteiger partial charge in [0.1, 0.15) is 12.1 Å². The van der Waals surface area contributed by atoms with E-state index in [1.807, 2.05) is 0 Å². The highest BCUT2D eigenvalue weighted by Crippen LogP contribution is 2.30. The summed E-state index contributed by atoms with van der Waals surface area (Å²) in [5.74, 6) is -2.14. The Balaban J connectivity index is 2.02. The van der Waals surface area contributed by atoms with Crippen molar-refractivity contribution >= 4 is 29.4 Å². The van der Waals surface area contributed by atoms with Gasteiger partial charge in [-0.3, -0.25) is 24.0 Å². The van der Waals surface area contributed by atoms with Gasteiger partial charge in [0.25, 0.3) is 0 Å². The minimum atomic E-state index is -0.730. The summed E-state index contributed by atoms with van der Waals surface area (Å²) in [6.45, 7) is 4.81. The van der Waals surface area contributed by atoms with E-state index in [9.17, 15) is 24.0 Å². The quantitative estimate of drug-likeness (QED) is 0.598. The van der Waals surface area contributed by atoms with Crippen molar-refractivity contribution < 1.29 is 24.0 Å². The van der Waals surface area contributed by atoms with Gasteiger partial charge in [-0.05, 0) is 19.8 Å². The molecule has 4 atom stereocenters. The van der Waals surface area contributed by atoms with Crippen molar-refractivity contribution in [3.63, 3.8) is 0 Å². The molecule has 0 aromatic heterocycles. The van der Waals surface area contributed by atoms with Gasteiger partial charge in [-0.25, -0.2) is 0 Å². The largest absolute Gasteiger partial charge is 0.369 e. The van der Waals surface area contributed by atoms with Crippen molar-refractivity contribution in [2.24, 2.45) is 11.7 Å². The highest BCUT2D eigenvalue weighted by molar-refractivity contribution is 6.00. The third-order valence-corrected chi connectivity index (χ3v) is 4.91. The van der Waals surface area contributed by atoms with E-state index in [1.165, 1.54) is 23.1 Å². The second kappa shape index (κ2) is 7.84. The molecule has 4 amide bonds. The van der Waals surface area contributed by atoms with Crippen LogP contribution in [0.2, 0.25) is 0 Å². The molecule has 0 saturated carbocycles. The maximum atomic E-state index is 12.5. The van der Waals surface area contributed by atoms with Gasteiger partial charge in [-0.2, -0.15) is 0 Å². The van der Waals surface area contributed by atoms with E-state index >= 15 is 0 Å². The molecule has 2 heterocycles. The minimum Gasteiger partial charge on any atom is -0.369 e. The van der Waals surface area contributed by atoms with Crippen LogP contribution >= 0.6 is 0 Å². The lowest BCUT2D eigenvalue weighted by atomic mass is 10.0. The Kier molecular flexibility index (Phi) is 5.99. The Morgan fingerprint density at radius 1 is 1.27 bits per heavy atom. The Morgan fingerprint density at radius 3 is 2.50 bits per heavy atom. The van der Waals surface area contributed by atoms with E-state index < -0.39 is 23.9 Å². The number of Topliss-reactive ketones (excluding diaryl/α,β-unsaturated/α-hetero) is 1. The first kappa shape index (κ1) is 19.9. The second-order valence-electron chi connectivity index (χ2n) is 6.93. The lowest BCUT2D eigenvalue weighted by Gasteiger charge is -2.26. The summed E-state index contributed by atoms with van der Waals surface area (Å²) in [4.78, 5) is 62.5. The van der Waals surface area contributed by atoms with Gasteiger partial charge < -0.3 is 20.9 Å². The molecule has 2 rings (SSSR count). The summed E-state index contributed by atoms with van der Waals surface area (Å²) in [5, 5.41) is 2.52. The van der Waals surface area contributed by atoms with Crippen molar-refractivity contribution in [2.75, 3.05) is 13.1 Å². The summed E-state index contributed by atoms with van der Waals surface area (Å²) >= 11 is 0. The first-order valence-electron chi connectivity index (χ1n) is 8.67. The van der Waals surface area contributed by atoms with Crippen LogP contribution in [0.25, 0.3) is 0 Å². The van der Waals surface area contributed by atoms with Crippen LogP contribution in [0.5, 0.6) is 0 Å². The predicted octanol–water partition coefficient (Wildman–Crippen LogP) is -1.39. The first-order valence-corrected chi connectivity index (χ1v) is 8.67. The van der Waals surface area contributed by atoms with Gasteiger partial charge in [0.05, 0.1) is 19.0 Å². The van der Waals surface area contributed by atoms with E-state index in [4.69, 9.17) is 5.73 Å². The third kappa shape index (κ3) is 4.03. The fraction of sp³-hybridized carbons (Fsp3) is 0.647. The van der Waals surface area contributed by atoms with E-state index in [0.717, 1.165) is 0 Å². The van der Waals surface area contributed by atoms with Crippen molar-refractivity contribution in [2.45, 2.75) is 51.7 Å². The van der Waals surface area contributed by atoms with Crippen molar-refractivity contribution in [1.82, 2.24) is 15.1 Å². The molecule has 0 aromatic rings. The van der Waals surface area contributed by atoms with E-state index in [2.05, 4.69) is 5.32 Å². The topological polar surface area (TPSA) is 130 Å². The molecular weight excluding hydrogens is 340 g/mol. The summed E-state index contributed by atoms with van der Waals surface area (Å²) in [6.07, 6.45) is 2.08. The Hall–Kier alpha value is -2.45. The first-order chi connectivity index (χ1) is 12.1. The van der Waals surface area contributed by atoms with Gasteiger partial charge in [-0.15, -0.1) is 0 Å². The minimum absolute atomic E-state index is 0.0699. The maximum absolute atomic E-state index is 12.5. The van der Waals surface area contributed by atoms with Gasteiger partial charge in [0.15, 0.2) is 5.78 Å². The molecule has 143 valence electrons. The number of nitrogens with one attached hydrogen (secondary N) is 1. The molecule has 2 saturated heterocycles. The summed E-state index contributed by atoms with van der Waals surface area (Å²) in [5.41, 5.74) is 5.19. The van der Waals surface area contributed by atoms with E-state index in [1.54, 1.807) is 13.8 Å². The normalized spacial score (nSPS) is 24.2. The van der Waals surface area contributed by atoms with Crippen LogP contribution in [0.3, 0.4) is 0 Å². The number of hydrogen-bond acceptors (Lipinski definition) is 5. The highest BCUT2D eigenvalue weighted by Gasteiger charge is 2.51. The fourth-order valence-electron chi connectivity index (χ4n) is 3.48. The van der Waals surface area contributed by atoms with Crippen LogP contribution in [-0.4, -0.2) is 70.4 Å². The molecular formula is C17H25N4O5. The van der Waals surface area contributed by atoms with Gasteiger partial charge in [-0.1, -0.05) is 6.92 Å². The molecule has 2 aliphatic rings. The molecule has 0 spiro atoms. The SMILES string of the molecule is CC(=O)NC(C)C(=O)N1CC(=O)C2C1CCN2C(=O)[CH]CC(C)C(N)=O. The van der Waals surface area contributed by atoms with Gasteiger partial charge >= 0.3 is 0 Å². The smallest absolute Gasteiger partial charge is 0.245 e. The number of carbonyl (C=O) groups is 5. The molecule has 4 unspecified atom stereocenters. The zero-order chi connectivity index (χ0) is 19.6. The highest BCUT2D eigenvalue weighted by atomic mass is 16.2. The Labute approximate surface area is 152 Å². The summed E-state index contributed by atoms with van der Waals surface area (Å²) in [6, 6.07) is -1.78. The second-order valence-corrected chi connectivity index (χ2v) is 6.93. The average Bonchev–Trinajstić information content (AvgIpc) is 3.12. The molecule has 0 aliphatic carbocycles. The fourth-order valence-corrected chi connectivity index (χ4v) is 3.48. The van der Waals surface area contributed by atoms with Crippen LogP contribution in [0, 0.1) is 12.3 Å². The van der Waals surface area contributed by atoms with Gasteiger partial charge in [0.2, 0.25) is 23.6 Å². The molecule has 9 nitrogen and oxygen atoms in total. The zero-order valence-electron chi connectivity index (χ0n) is 15.2. The molecule has 9 heteroatoms. The molecule has 1 radical (unpaired) electrons. The van der Waals surface area contributed by atoms with Crippen molar-refractivity contribution in [3.8, 4) is 0 Å². The van der Waals surface area contributed by atoms with E-state index in [-0.39, 0.29) is 42.5 Å². The van der Waals surface area contributed by atoms with Crippen LogP contribution in [0.1, 0.15) is 33.6 Å². The average molecular weight is 365 g/mol. The van der Waals surface area contributed by atoms with Crippen LogP contribution in [0.4, 0.5) is 0 Å². The molecule has 2 fully saturated rings. The number of hydrogen-bond donors (Lipinski definition) is 2.